The second-order valence-corrected chi connectivity index (χ2v) is 7.23. The Hall–Kier alpha value is -2.31. The zero-order valence-electron chi connectivity index (χ0n) is 14.5. The van der Waals surface area contributed by atoms with E-state index in [1.54, 1.807) is 18.0 Å². The highest BCUT2D eigenvalue weighted by Crippen LogP contribution is 2.30. The largest absolute Gasteiger partial charge is 0.481 e. The van der Waals surface area contributed by atoms with Crippen molar-refractivity contribution in [2.45, 2.75) is 51.7 Å². The fourth-order valence-corrected chi connectivity index (χ4v) is 3.36. The van der Waals surface area contributed by atoms with E-state index in [1.165, 1.54) is 12.8 Å². The van der Waals surface area contributed by atoms with Gasteiger partial charge in [0, 0.05) is 31.9 Å². The molecule has 2 heterocycles. The van der Waals surface area contributed by atoms with Crippen LogP contribution in [-0.4, -0.2) is 46.2 Å². The number of aliphatic carboxylic acids is 1. The van der Waals surface area contributed by atoms with Gasteiger partial charge in [0.1, 0.15) is 6.10 Å². The minimum absolute atomic E-state index is 0.237. The van der Waals surface area contributed by atoms with Gasteiger partial charge in [0.2, 0.25) is 5.88 Å². The van der Waals surface area contributed by atoms with Gasteiger partial charge in [-0.05, 0) is 44.6 Å². The van der Waals surface area contributed by atoms with E-state index >= 15 is 0 Å². The first-order chi connectivity index (χ1) is 12.0. The van der Waals surface area contributed by atoms with Crippen LogP contribution < -0.4 is 10.1 Å². The lowest BCUT2D eigenvalue weighted by atomic mass is 9.90. The van der Waals surface area contributed by atoms with E-state index in [4.69, 9.17) is 4.74 Å². The van der Waals surface area contributed by atoms with Crippen LogP contribution >= 0.6 is 0 Å². The first kappa shape index (κ1) is 17.5. The first-order valence-corrected chi connectivity index (χ1v) is 8.84. The number of carboxylic acids is 1. The monoisotopic (exact) mass is 347 g/mol. The fourth-order valence-electron chi connectivity index (χ4n) is 3.36. The summed E-state index contributed by atoms with van der Waals surface area (Å²) >= 11 is 0. The summed E-state index contributed by atoms with van der Waals surface area (Å²) in [4.78, 5) is 29.3. The average Bonchev–Trinajstić information content (AvgIpc) is 3.24. The molecule has 2 amide bonds. The molecule has 0 radical (unpaired) electrons. The number of carbonyl (C=O) groups is 2. The smallest absolute Gasteiger partial charge is 0.317 e. The van der Waals surface area contributed by atoms with E-state index in [2.05, 4.69) is 10.3 Å². The molecule has 7 heteroatoms. The Kier molecular flexibility index (Phi) is 5.11. The third kappa shape index (κ3) is 4.21. The molecule has 1 saturated heterocycles. The Balaban J connectivity index is 1.46. The van der Waals surface area contributed by atoms with Crippen LogP contribution in [0.3, 0.4) is 0 Å². The molecular weight excluding hydrogens is 322 g/mol. The van der Waals surface area contributed by atoms with E-state index in [9.17, 15) is 14.7 Å². The number of pyridine rings is 1. The van der Waals surface area contributed by atoms with Crippen molar-refractivity contribution >= 4 is 12.0 Å². The predicted molar refractivity (Wildman–Crippen MR) is 91.3 cm³/mol. The van der Waals surface area contributed by atoms with Crippen molar-refractivity contribution in [1.29, 1.82) is 0 Å². The second-order valence-electron chi connectivity index (χ2n) is 7.23. The third-order valence-corrected chi connectivity index (χ3v) is 5.11. The summed E-state index contributed by atoms with van der Waals surface area (Å²) < 4.78 is 5.82. The maximum absolute atomic E-state index is 12.2. The van der Waals surface area contributed by atoms with Gasteiger partial charge >= 0.3 is 12.0 Å². The van der Waals surface area contributed by atoms with Crippen molar-refractivity contribution in [3.05, 3.63) is 23.9 Å². The number of hydrogen-bond acceptors (Lipinski definition) is 4. The van der Waals surface area contributed by atoms with E-state index in [-0.39, 0.29) is 18.7 Å². The molecule has 3 rings (SSSR count). The first-order valence-electron chi connectivity index (χ1n) is 8.84. The minimum Gasteiger partial charge on any atom is -0.481 e. The highest BCUT2D eigenvalue weighted by atomic mass is 16.5. The summed E-state index contributed by atoms with van der Waals surface area (Å²) in [6, 6.07) is 3.48. The lowest BCUT2D eigenvalue weighted by Gasteiger charge is -2.20. The summed E-state index contributed by atoms with van der Waals surface area (Å²) in [5.41, 5.74) is 0.0327. The molecule has 7 nitrogen and oxygen atoms in total. The Bertz CT molecular complexity index is 628. The van der Waals surface area contributed by atoms with Crippen molar-refractivity contribution in [2.75, 3.05) is 13.1 Å². The molecule has 1 aliphatic heterocycles. The number of nitrogens with one attached hydrogen (secondary N) is 1. The minimum atomic E-state index is -0.857. The van der Waals surface area contributed by atoms with Gasteiger partial charge in [-0.1, -0.05) is 6.07 Å². The highest BCUT2D eigenvalue weighted by molar-refractivity contribution is 5.79. The maximum Gasteiger partial charge on any atom is 0.317 e. The molecule has 1 aromatic heterocycles. The summed E-state index contributed by atoms with van der Waals surface area (Å²) in [5, 5.41) is 12.1. The van der Waals surface area contributed by atoms with Crippen LogP contribution in [0.4, 0.5) is 4.79 Å². The van der Waals surface area contributed by atoms with E-state index in [1.807, 2.05) is 12.1 Å². The van der Waals surface area contributed by atoms with Crippen LogP contribution in [0.2, 0.25) is 0 Å². The Morgan fingerprint density at radius 1 is 1.40 bits per heavy atom. The molecule has 25 heavy (non-hydrogen) atoms. The Morgan fingerprint density at radius 2 is 2.16 bits per heavy atom. The third-order valence-electron chi connectivity index (χ3n) is 5.11. The van der Waals surface area contributed by atoms with Gasteiger partial charge in [0.25, 0.3) is 0 Å². The number of likely N-dealkylation sites (tertiary alicyclic amines) is 1. The van der Waals surface area contributed by atoms with Gasteiger partial charge in [-0.25, -0.2) is 9.78 Å². The van der Waals surface area contributed by atoms with Crippen LogP contribution in [0.25, 0.3) is 0 Å². The van der Waals surface area contributed by atoms with Gasteiger partial charge < -0.3 is 20.1 Å². The van der Waals surface area contributed by atoms with Gasteiger partial charge in [-0.2, -0.15) is 0 Å². The SMILES string of the molecule is CC1(C(=O)O)CCN(C(=O)NCc2ccc(OC3CCCC3)nc2)C1. The summed E-state index contributed by atoms with van der Waals surface area (Å²) in [6.07, 6.45) is 7.06. The standard InChI is InChI=1S/C18H25N3O4/c1-18(16(22)23)8-9-21(12-18)17(24)20-11-13-6-7-15(19-10-13)25-14-4-2-3-5-14/h6-7,10,14H,2-5,8-9,11-12H2,1H3,(H,20,24)(H,22,23). The quantitative estimate of drug-likeness (QED) is 0.853. The molecule has 1 aromatic rings. The number of nitrogens with zero attached hydrogens (tertiary/aromatic N) is 2. The molecule has 1 unspecified atom stereocenters. The number of urea groups is 1. The highest BCUT2D eigenvalue weighted by Gasteiger charge is 2.42. The summed E-state index contributed by atoms with van der Waals surface area (Å²) in [5.74, 6) is -0.233. The van der Waals surface area contributed by atoms with E-state index in [0.29, 0.717) is 25.4 Å². The average molecular weight is 347 g/mol. The summed E-state index contributed by atoms with van der Waals surface area (Å²) in [7, 11) is 0. The number of ether oxygens (including phenoxy) is 1. The van der Waals surface area contributed by atoms with Crippen LogP contribution in [0, 0.1) is 5.41 Å². The topological polar surface area (TPSA) is 91.8 Å². The number of hydrogen-bond donors (Lipinski definition) is 2. The van der Waals surface area contributed by atoms with Crippen LogP contribution in [-0.2, 0) is 11.3 Å². The zero-order chi connectivity index (χ0) is 17.9. The Morgan fingerprint density at radius 3 is 2.76 bits per heavy atom. The number of carbonyl (C=O) groups excluding carboxylic acids is 1. The Labute approximate surface area is 147 Å². The molecule has 2 N–H and O–H groups in total. The second kappa shape index (κ2) is 7.29. The van der Waals surface area contributed by atoms with E-state index in [0.717, 1.165) is 18.4 Å². The van der Waals surface area contributed by atoms with Gasteiger partial charge in [0.15, 0.2) is 0 Å². The van der Waals surface area contributed by atoms with Crippen molar-refractivity contribution in [2.24, 2.45) is 5.41 Å². The van der Waals surface area contributed by atoms with Gasteiger partial charge in [-0.15, -0.1) is 0 Å². The molecule has 0 bridgehead atoms. The van der Waals surface area contributed by atoms with Crippen molar-refractivity contribution in [1.82, 2.24) is 15.2 Å². The molecule has 0 aromatic carbocycles. The van der Waals surface area contributed by atoms with Gasteiger partial charge in [-0.3, -0.25) is 4.79 Å². The molecule has 1 atom stereocenters. The van der Waals surface area contributed by atoms with Crippen molar-refractivity contribution < 1.29 is 19.4 Å². The number of amides is 2. The fraction of sp³-hybridized carbons (Fsp3) is 0.611. The molecule has 0 spiro atoms. The summed E-state index contributed by atoms with van der Waals surface area (Å²) in [6.45, 7) is 2.73. The normalized spacial score (nSPS) is 23.6. The predicted octanol–water partition coefficient (Wildman–Crippen LogP) is 2.41. The molecule has 2 aliphatic rings. The van der Waals surface area contributed by atoms with E-state index < -0.39 is 11.4 Å². The van der Waals surface area contributed by atoms with Crippen LogP contribution in [0.5, 0.6) is 5.88 Å². The van der Waals surface area contributed by atoms with Crippen LogP contribution in [0.15, 0.2) is 18.3 Å². The van der Waals surface area contributed by atoms with Crippen LogP contribution in [0.1, 0.15) is 44.6 Å². The van der Waals surface area contributed by atoms with Crippen molar-refractivity contribution in [3.8, 4) is 5.88 Å². The number of aromatic nitrogens is 1. The zero-order valence-corrected chi connectivity index (χ0v) is 14.5. The lowest BCUT2D eigenvalue weighted by Crippen LogP contribution is -2.40. The van der Waals surface area contributed by atoms with Gasteiger partial charge in [0.05, 0.1) is 5.41 Å². The molecular formula is C18H25N3O4. The van der Waals surface area contributed by atoms with Crippen molar-refractivity contribution in [3.63, 3.8) is 0 Å². The lowest BCUT2D eigenvalue weighted by molar-refractivity contribution is -0.147. The number of rotatable bonds is 5. The molecule has 2 fully saturated rings. The molecule has 1 saturated carbocycles. The number of carboxylic acid groups (broad SMARTS) is 1. The molecule has 1 aliphatic carbocycles. The maximum atomic E-state index is 12.2. The molecule has 136 valence electrons.